The van der Waals surface area contributed by atoms with E-state index in [1.807, 2.05) is 0 Å². The van der Waals surface area contributed by atoms with Crippen LogP contribution in [0.3, 0.4) is 0 Å². The maximum Gasteiger partial charge on any atom is 0.0459 e. The van der Waals surface area contributed by atoms with Crippen molar-refractivity contribution in [2.24, 2.45) is 0 Å². The maximum atomic E-state index is 3.62. The Labute approximate surface area is 90.5 Å². The third-order valence-electron chi connectivity index (χ3n) is 4.12. The van der Waals surface area contributed by atoms with E-state index < -0.39 is 0 Å². The molecule has 15 heavy (non-hydrogen) atoms. The molecule has 1 heteroatoms. The Morgan fingerprint density at radius 3 is 2.93 bits per heavy atom. The lowest BCUT2D eigenvalue weighted by atomic mass is 9.85. The van der Waals surface area contributed by atoms with E-state index in [-0.39, 0.29) is 0 Å². The molecule has 1 nitrogen and oxygen atoms in total. The van der Waals surface area contributed by atoms with Crippen LogP contribution in [0, 0.1) is 0 Å². The van der Waals surface area contributed by atoms with Crippen molar-refractivity contribution in [1.82, 2.24) is 4.98 Å². The second-order valence-corrected chi connectivity index (χ2v) is 4.94. The van der Waals surface area contributed by atoms with Crippen LogP contribution in [-0.2, 0) is 11.8 Å². The van der Waals surface area contributed by atoms with Gasteiger partial charge in [0.25, 0.3) is 0 Å². The molecule has 0 bridgehead atoms. The minimum atomic E-state index is 0.383. The fraction of sp³-hybridized carbons (Fsp3) is 0.429. The number of aromatic nitrogens is 1. The largest absolute Gasteiger partial charge is 0.358 e. The van der Waals surface area contributed by atoms with E-state index in [2.05, 4.69) is 43.1 Å². The molecule has 78 valence electrons. The highest BCUT2D eigenvalue weighted by atomic mass is 14.8. The number of H-pyrrole nitrogens is 1. The molecule has 1 aliphatic carbocycles. The van der Waals surface area contributed by atoms with Crippen LogP contribution < -0.4 is 0 Å². The zero-order valence-electron chi connectivity index (χ0n) is 9.43. The summed E-state index contributed by atoms with van der Waals surface area (Å²) in [5, 5.41) is 1.43. The normalized spacial score (nSPS) is 24.7. The molecule has 0 saturated heterocycles. The third-order valence-corrected chi connectivity index (χ3v) is 4.12. The number of nitrogens with one attached hydrogen (secondary N) is 1. The average Bonchev–Trinajstić information content (AvgIpc) is 2.78. The smallest absolute Gasteiger partial charge is 0.0459 e. The number of aryl methyl sites for hydroxylation is 1. The minimum Gasteiger partial charge on any atom is -0.358 e. The SMILES string of the molecule is CCC1(C)CCc2c1[nH]c1ccccc21. The van der Waals surface area contributed by atoms with E-state index in [4.69, 9.17) is 0 Å². The molecule has 1 atom stereocenters. The summed E-state index contributed by atoms with van der Waals surface area (Å²) < 4.78 is 0. The van der Waals surface area contributed by atoms with E-state index in [1.165, 1.54) is 35.9 Å². The molecule has 0 fully saturated rings. The van der Waals surface area contributed by atoms with Gasteiger partial charge in [0.1, 0.15) is 0 Å². The minimum absolute atomic E-state index is 0.383. The third kappa shape index (κ3) is 1.09. The Morgan fingerprint density at radius 2 is 2.13 bits per heavy atom. The van der Waals surface area contributed by atoms with E-state index >= 15 is 0 Å². The lowest BCUT2D eigenvalue weighted by Crippen LogP contribution is -2.17. The predicted molar refractivity (Wildman–Crippen MR) is 64.3 cm³/mol. The lowest BCUT2D eigenvalue weighted by molar-refractivity contribution is 0.443. The lowest BCUT2D eigenvalue weighted by Gasteiger charge is -2.21. The fourth-order valence-corrected chi connectivity index (χ4v) is 2.85. The topological polar surface area (TPSA) is 15.8 Å². The average molecular weight is 199 g/mol. The van der Waals surface area contributed by atoms with E-state index in [9.17, 15) is 0 Å². The fourth-order valence-electron chi connectivity index (χ4n) is 2.85. The summed E-state index contributed by atoms with van der Waals surface area (Å²) in [5.41, 5.74) is 4.75. The zero-order valence-corrected chi connectivity index (χ0v) is 9.43. The Kier molecular flexibility index (Phi) is 1.73. The molecule has 0 spiro atoms. The number of hydrogen-bond donors (Lipinski definition) is 1. The van der Waals surface area contributed by atoms with Gasteiger partial charge in [0, 0.05) is 22.0 Å². The molecule has 2 aromatic rings. The summed E-state index contributed by atoms with van der Waals surface area (Å²) in [5.74, 6) is 0. The maximum absolute atomic E-state index is 3.62. The van der Waals surface area contributed by atoms with Crippen molar-refractivity contribution < 1.29 is 0 Å². The molecule has 0 saturated carbocycles. The van der Waals surface area contributed by atoms with Crippen molar-refractivity contribution in [3.05, 3.63) is 35.5 Å². The van der Waals surface area contributed by atoms with Crippen LogP contribution in [0.1, 0.15) is 37.9 Å². The number of para-hydroxylation sites is 1. The van der Waals surface area contributed by atoms with Crippen molar-refractivity contribution in [1.29, 1.82) is 0 Å². The monoisotopic (exact) mass is 199 g/mol. The molecular weight excluding hydrogens is 182 g/mol. The van der Waals surface area contributed by atoms with Crippen LogP contribution in [0.25, 0.3) is 10.9 Å². The first-order valence-electron chi connectivity index (χ1n) is 5.85. The quantitative estimate of drug-likeness (QED) is 0.719. The van der Waals surface area contributed by atoms with Crippen molar-refractivity contribution >= 4 is 10.9 Å². The van der Waals surface area contributed by atoms with Gasteiger partial charge in [0.15, 0.2) is 0 Å². The Hall–Kier alpha value is -1.24. The Bertz CT molecular complexity index is 509. The second kappa shape index (κ2) is 2.88. The molecular formula is C14H17N. The highest BCUT2D eigenvalue weighted by molar-refractivity contribution is 5.85. The van der Waals surface area contributed by atoms with Crippen molar-refractivity contribution in [2.45, 2.75) is 38.5 Å². The van der Waals surface area contributed by atoms with Crippen molar-refractivity contribution in [3.63, 3.8) is 0 Å². The van der Waals surface area contributed by atoms with Crippen molar-refractivity contribution in [3.8, 4) is 0 Å². The van der Waals surface area contributed by atoms with Gasteiger partial charge in [-0.05, 0) is 30.9 Å². The van der Waals surface area contributed by atoms with E-state index in [0.717, 1.165) is 0 Å². The molecule has 1 heterocycles. The van der Waals surface area contributed by atoms with Gasteiger partial charge < -0.3 is 4.98 Å². The van der Waals surface area contributed by atoms with Crippen molar-refractivity contribution in [2.75, 3.05) is 0 Å². The number of fused-ring (bicyclic) bond motifs is 3. The number of rotatable bonds is 1. The first kappa shape index (κ1) is 9.02. The summed E-state index contributed by atoms with van der Waals surface area (Å²) in [6, 6.07) is 8.67. The molecule has 1 unspecified atom stereocenters. The number of benzene rings is 1. The molecule has 1 aromatic carbocycles. The van der Waals surface area contributed by atoms with Gasteiger partial charge in [-0.3, -0.25) is 0 Å². The zero-order chi connectivity index (χ0) is 10.5. The van der Waals surface area contributed by atoms with Gasteiger partial charge in [-0.15, -0.1) is 0 Å². The van der Waals surface area contributed by atoms with Crippen LogP contribution in [0.2, 0.25) is 0 Å². The summed E-state index contributed by atoms with van der Waals surface area (Å²) in [6.07, 6.45) is 3.77. The molecule has 0 amide bonds. The second-order valence-electron chi connectivity index (χ2n) is 4.94. The Morgan fingerprint density at radius 1 is 1.33 bits per heavy atom. The predicted octanol–water partition coefficient (Wildman–Crippen LogP) is 3.78. The first-order valence-corrected chi connectivity index (χ1v) is 5.85. The van der Waals surface area contributed by atoms with Crippen LogP contribution in [-0.4, -0.2) is 4.98 Å². The number of aromatic amines is 1. The van der Waals surface area contributed by atoms with Gasteiger partial charge in [0.05, 0.1) is 0 Å². The van der Waals surface area contributed by atoms with E-state index in [1.54, 1.807) is 5.56 Å². The van der Waals surface area contributed by atoms with E-state index in [0.29, 0.717) is 5.41 Å². The Balaban J connectivity index is 2.30. The van der Waals surface area contributed by atoms with Crippen LogP contribution in [0.5, 0.6) is 0 Å². The number of hydrogen-bond acceptors (Lipinski definition) is 0. The molecule has 3 rings (SSSR count). The van der Waals surface area contributed by atoms with Gasteiger partial charge in [0.2, 0.25) is 0 Å². The summed E-state index contributed by atoms with van der Waals surface area (Å²) in [4.78, 5) is 3.62. The molecule has 1 aliphatic rings. The summed E-state index contributed by atoms with van der Waals surface area (Å²) >= 11 is 0. The van der Waals surface area contributed by atoms with Crippen LogP contribution >= 0.6 is 0 Å². The van der Waals surface area contributed by atoms with Gasteiger partial charge >= 0.3 is 0 Å². The van der Waals surface area contributed by atoms with Gasteiger partial charge in [-0.2, -0.15) is 0 Å². The first-order chi connectivity index (χ1) is 7.24. The molecule has 1 N–H and O–H groups in total. The highest BCUT2D eigenvalue weighted by Crippen LogP contribution is 2.43. The van der Waals surface area contributed by atoms with Gasteiger partial charge in [-0.1, -0.05) is 32.0 Å². The standard InChI is InChI=1S/C14H17N/c1-3-14(2)9-8-11-10-6-4-5-7-12(10)15-13(11)14/h4-7,15H,3,8-9H2,1-2H3. The molecule has 0 radical (unpaired) electrons. The van der Waals surface area contributed by atoms with Crippen LogP contribution in [0.15, 0.2) is 24.3 Å². The van der Waals surface area contributed by atoms with Gasteiger partial charge in [-0.25, -0.2) is 0 Å². The summed E-state index contributed by atoms with van der Waals surface area (Å²) in [6.45, 7) is 4.68. The van der Waals surface area contributed by atoms with Crippen LogP contribution in [0.4, 0.5) is 0 Å². The highest BCUT2D eigenvalue weighted by Gasteiger charge is 2.35. The molecule has 1 aromatic heterocycles. The molecule has 0 aliphatic heterocycles. The summed E-state index contributed by atoms with van der Waals surface area (Å²) in [7, 11) is 0.